The van der Waals surface area contributed by atoms with Gasteiger partial charge in [0.15, 0.2) is 6.79 Å². The summed E-state index contributed by atoms with van der Waals surface area (Å²) in [6.07, 6.45) is 2.17. The molecule has 0 heterocycles. The SMILES string of the molecule is O=CCCCOCOc1ccc(Br)cc1. The molecule has 0 atom stereocenters. The minimum atomic E-state index is 0.223. The van der Waals surface area contributed by atoms with Crippen LogP contribution in [0.1, 0.15) is 12.8 Å². The molecule has 0 unspecified atom stereocenters. The number of carbonyl (C=O) groups excluding carboxylic acids is 1. The summed E-state index contributed by atoms with van der Waals surface area (Å²) < 4.78 is 11.5. The van der Waals surface area contributed by atoms with Crippen LogP contribution in [0.2, 0.25) is 0 Å². The Labute approximate surface area is 97.5 Å². The molecule has 0 saturated carbocycles. The fourth-order valence-corrected chi connectivity index (χ4v) is 1.23. The second kappa shape index (κ2) is 7.43. The van der Waals surface area contributed by atoms with Crippen LogP contribution in [0.15, 0.2) is 28.7 Å². The van der Waals surface area contributed by atoms with Crippen LogP contribution in [0.25, 0.3) is 0 Å². The highest BCUT2D eigenvalue weighted by atomic mass is 79.9. The van der Waals surface area contributed by atoms with Crippen LogP contribution in [-0.4, -0.2) is 19.7 Å². The van der Waals surface area contributed by atoms with Gasteiger partial charge in [0.25, 0.3) is 0 Å². The molecular formula is C11H13BrO3. The van der Waals surface area contributed by atoms with Crippen LogP contribution in [0.3, 0.4) is 0 Å². The lowest BCUT2D eigenvalue weighted by Gasteiger charge is -2.06. The number of ether oxygens (including phenoxy) is 2. The Hall–Kier alpha value is -0.870. The molecule has 1 rings (SSSR count). The predicted molar refractivity (Wildman–Crippen MR) is 60.9 cm³/mol. The second-order valence-corrected chi connectivity index (χ2v) is 3.85. The van der Waals surface area contributed by atoms with Crippen molar-refractivity contribution in [2.75, 3.05) is 13.4 Å². The molecule has 82 valence electrons. The molecule has 0 spiro atoms. The Morgan fingerprint density at radius 1 is 1.27 bits per heavy atom. The summed E-state index contributed by atoms with van der Waals surface area (Å²) in [5.74, 6) is 0.772. The standard InChI is InChI=1S/C11H13BrO3/c12-10-3-5-11(6-4-10)15-9-14-8-2-1-7-13/h3-7H,1-2,8-9H2. The van der Waals surface area contributed by atoms with Crippen LogP contribution < -0.4 is 4.74 Å². The smallest absolute Gasteiger partial charge is 0.189 e. The van der Waals surface area contributed by atoms with Crippen molar-refractivity contribution in [3.05, 3.63) is 28.7 Å². The Morgan fingerprint density at radius 3 is 2.67 bits per heavy atom. The molecule has 0 N–H and O–H groups in total. The van der Waals surface area contributed by atoms with E-state index in [4.69, 9.17) is 9.47 Å². The van der Waals surface area contributed by atoms with Gasteiger partial charge in [-0.3, -0.25) is 0 Å². The maximum absolute atomic E-state index is 10.00. The summed E-state index contributed by atoms with van der Waals surface area (Å²) in [5, 5.41) is 0. The van der Waals surface area contributed by atoms with E-state index in [9.17, 15) is 4.79 Å². The van der Waals surface area contributed by atoms with Crippen molar-refractivity contribution >= 4 is 22.2 Å². The second-order valence-electron chi connectivity index (χ2n) is 2.93. The molecule has 1 aromatic carbocycles. The summed E-state index contributed by atoms with van der Waals surface area (Å²) in [5.41, 5.74) is 0. The van der Waals surface area contributed by atoms with Crippen molar-refractivity contribution in [1.29, 1.82) is 0 Å². The quantitative estimate of drug-likeness (QED) is 0.435. The van der Waals surface area contributed by atoms with Crippen LogP contribution >= 0.6 is 15.9 Å². The van der Waals surface area contributed by atoms with Gasteiger partial charge in [-0.05, 0) is 30.7 Å². The van der Waals surface area contributed by atoms with Gasteiger partial charge in [-0.1, -0.05) is 15.9 Å². The number of aldehydes is 1. The third kappa shape index (κ3) is 5.54. The Morgan fingerprint density at radius 2 is 2.00 bits per heavy atom. The molecule has 4 heteroatoms. The molecule has 0 aliphatic rings. The van der Waals surface area contributed by atoms with Gasteiger partial charge in [-0.25, -0.2) is 0 Å². The van der Waals surface area contributed by atoms with Crippen LogP contribution in [0.4, 0.5) is 0 Å². The van der Waals surface area contributed by atoms with E-state index >= 15 is 0 Å². The average molecular weight is 273 g/mol. The highest BCUT2D eigenvalue weighted by Crippen LogP contribution is 2.15. The molecule has 0 aromatic heterocycles. The highest BCUT2D eigenvalue weighted by Gasteiger charge is 1.93. The Bertz CT molecular complexity index is 284. The fourth-order valence-electron chi connectivity index (χ4n) is 0.968. The third-order valence-electron chi connectivity index (χ3n) is 1.73. The van der Waals surface area contributed by atoms with Crippen molar-refractivity contribution in [3.63, 3.8) is 0 Å². The number of hydrogen-bond donors (Lipinski definition) is 0. The highest BCUT2D eigenvalue weighted by molar-refractivity contribution is 9.10. The zero-order valence-corrected chi connectivity index (χ0v) is 9.90. The maximum atomic E-state index is 10.00. The van der Waals surface area contributed by atoms with Crippen LogP contribution in [-0.2, 0) is 9.53 Å². The molecule has 0 amide bonds. The lowest BCUT2D eigenvalue weighted by Crippen LogP contribution is -2.04. The summed E-state index contributed by atoms with van der Waals surface area (Å²) in [6.45, 7) is 0.774. The van der Waals surface area contributed by atoms with Crippen molar-refractivity contribution in [3.8, 4) is 5.75 Å². The van der Waals surface area contributed by atoms with Crippen molar-refractivity contribution in [2.45, 2.75) is 12.8 Å². The summed E-state index contributed by atoms with van der Waals surface area (Å²) in [6, 6.07) is 7.53. The Balaban J connectivity index is 2.09. The van der Waals surface area contributed by atoms with Crippen molar-refractivity contribution < 1.29 is 14.3 Å². The lowest BCUT2D eigenvalue weighted by molar-refractivity contribution is -0.108. The fraction of sp³-hybridized carbons (Fsp3) is 0.364. The number of halogens is 1. The normalized spacial score (nSPS) is 9.93. The molecule has 0 aliphatic heterocycles. The number of carbonyl (C=O) groups is 1. The van der Waals surface area contributed by atoms with Gasteiger partial charge in [0.2, 0.25) is 0 Å². The minimum Gasteiger partial charge on any atom is -0.468 e. The van der Waals surface area contributed by atoms with Crippen LogP contribution in [0.5, 0.6) is 5.75 Å². The Kier molecular flexibility index (Phi) is 6.04. The summed E-state index contributed by atoms with van der Waals surface area (Å²) in [7, 11) is 0. The number of unbranched alkanes of at least 4 members (excludes halogenated alkanes) is 1. The van der Waals surface area contributed by atoms with Gasteiger partial charge in [0.1, 0.15) is 12.0 Å². The molecule has 15 heavy (non-hydrogen) atoms. The van der Waals surface area contributed by atoms with E-state index in [1.807, 2.05) is 24.3 Å². The van der Waals surface area contributed by atoms with Crippen molar-refractivity contribution in [1.82, 2.24) is 0 Å². The van der Waals surface area contributed by atoms with Crippen LogP contribution in [0, 0.1) is 0 Å². The summed E-state index contributed by atoms with van der Waals surface area (Å²) >= 11 is 3.34. The van der Waals surface area contributed by atoms with E-state index < -0.39 is 0 Å². The van der Waals surface area contributed by atoms with Gasteiger partial charge in [0, 0.05) is 10.9 Å². The third-order valence-corrected chi connectivity index (χ3v) is 2.26. The van der Waals surface area contributed by atoms with Gasteiger partial charge < -0.3 is 14.3 Å². The zero-order chi connectivity index (χ0) is 10.9. The largest absolute Gasteiger partial charge is 0.468 e. The predicted octanol–water partition coefficient (Wildman–Crippen LogP) is 2.78. The van der Waals surface area contributed by atoms with Gasteiger partial charge in [0.05, 0.1) is 6.61 Å². The molecule has 0 bridgehead atoms. The van der Waals surface area contributed by atoms with Gasteiger partial charge in [-0.15, -0.1) is 0 Å². The minimum absolute atomic E-state index is 0.223. The first-order valence-electron chi connectivity index (χ1n) is 4.72. The number of rotatable bonds is 7. The van der Waals surface area contributed by atoms with E-state index in [1.54, 1.807) is 0 Å². The molecule has 0 fully saturated rings. The first-order chi connectivity index (χ1) is 7.33. The molecule has 3 nitrogen and oxygen atoms in total. The molecular weight excluding hydrogens is 260 g/mol. The maximum Gasteiger partial charge on any atom is 0.189 e. The lowest BCUT2D eigenvalue weighted by atomic mass is 10.3. The van der Waals surface area contributed by atoms with E-state index in [1.165, 1.54) is 0 Å². The van der Waals surface area contributed by atoms with E-state index in [-0.39, 0.29) is 6.79 Å². The zero-order valence-electron chi connectivity index (χ0n) is 8.32. The monoisotopic (exact) mass is 272 g/mol. The number of benzene rings is 1. The topological polar surface area (TPSA) is 35.5 Å². The van der Waals surface area contributed by atoms with E-state index in [0.717, 1.165) is 22.9 Å². The van der Waals surface area contributed by atoms with Gasteiger partial charge in [-0.2, -0.15) is 0 Å². The van der Waals surface area contributed by atoms with Crippen molar-refractivity contribution in [2.24, 2.45) is 0 Å². The average Bonchev–Trinajstić information content (AvgIpc) is 2.26. The van der Waals surface area contributed by atoms with Gasteiger partial charge >= 0.3 is 0 Å². The molecule has 1 aromatic rings. The molecule has 0 saturated heterocycles. The first kappa shape index (κ1) is 12.2. The number of hydrogen-bond acceptors (Lipinski definition) is 3. The summed E-state index contributed by atoms with van der Waals surface area (Å²) in [4.78, 5) is 10.00. The first-order valence-corrected chi connectivity index (χ1v) is 5.52. The van der Waals surface area contributed by atoms with E-state index in [0.29, 0.717) is 13.0 Å². The molecule has 0 radical (unpaired) electrons. The molecule has 0 aliphatic carbocycles. The van der Waals surface area contributed by atoms with E-state index in [2.05, 4.69) is 15.9 Å².